The van der Waals surface area contributed by atoms with Crippen molar-refractivity contribution in [2.45, 2.75) is 13.5 Å². The number of benzene rings is 1. The summed E-state index contributed by atoms with van der Waals surface area (Å²) in [7, 11) is 0. The molecule has 2 nitrogen and oxygen atoms in total. The summed E-state index contributed by atoms with van der Waals surface area (Å²) in [5, 5.41) is 3.23. The van der Waals surface area contributed by atoms with Crippen molar-refractivity contribution < 1.29 is 9.13 Å². The van der Waals surface area contributed by atoms with Gasteiger partial charge in [-0.1, -0.05) is 6.07 Å². The Labute approximate surface area is 101 Å². The van der Waals surface area contributed by atoms with E-state index in [-0.39, 0.29) is 5.82 Å². The van der Waals surface area contributed by atoms with Crippen molar-refractivity contribution in [3.05, 3.63) is 35.1 Å². The lowest BCUT2D eigenvalue weighted by Gasteiger charge is -2.08. The quantitative estimate of drug-likeness (QED) is 0.589. The molecule has 0 unspecified atom stereocenters. The predicted octanol–water partition coefficient (Wildman–Crippen LogP) is 2.48. The van der Waals surface area contributed by atoms with Gasteiger partial charge in [0.2, 0.25) is 0 Å². The first-order valence-electron chi connectivity index (χ1n) is 5.33. The van der Waals surface area contributed by atoms with E-state index >= 15 is 0 Å². The highest BCUT2D eigenvalue weighted by atomic mass is 35.5. The highest BCUT2D eigenvalue weighted by Gasteiger charge is 1.99. The van der Waals surface area contributed by atoms with Crippen LogP contribution in [-0.4, -0.2) is 25.6 Å². The van der Waals surface area contributed by atoms with Crippen LogP contribution in [0.1, 0.15) is 11.1 Å². The Morgan fingerprint density at radius 2 is 2.19 bits per heavy atom. The summed E-state index contributed by atoms with van der Waals surface area (Å²) in [5.74, 6) is 0.337. The average Bonchev–Trinajstić information content (AvgIpc) is 2.26. The van der Waals surface area contributed by atoms with E-state index in [4.69, 9.17) is 16.3 Å². The van der Waals surface area contributed by atoms with Gasteiger partial charge in [-0.2, -0.15) is 0 Å². The number of aryl methyl sites for hydroxylation is 1. The number of ether oxygens (including phenoxy) is 1. The Balaban J connectivity index is 2.21. The van der Waals surface area contributed by atoms with Crippen molar-refractivity contribution in [1.82, 2.24) is 5.32 Å². The van der Waals surface area contributed by atoms with Crippen LogP contribution in [0.15, 0.2) is 18.2 Å². The van der Waals surface area contributed by atoms with E-state index in [9.17, 15) is 4.39 Å². The topological polar surface area (TPSA) is 21.3 Å². The lowest BCUT2D eigenvalue weighted by molar-refractivity contribution is 0.151. The van der Waals surface area contributed by atoms with Crippen molar-refractivity contribution >= 4 is 11.6 Å². The number of rotatable bonds is 7. The van der Waals surface area contributed by atoms with Crippen LogP contribution in [0.5, 0.6) is 0 Å². The first-order valence-corrected chi connectivity index (χ1v) is 5.87. The Hall–Kier alpha value is -0.640. The van der Waals surface area contributed by atoms with Gasteiger partial charge in [-0.05, 0) is 30.2 Å². The Morgan fingerprint density at radius 3 is 2.88 bits per heavy atom. The Kier molecular flexibility index (Phi) is 6.38. The molecule has 0 saturated heterocycles. The maximum atomic E-state index is 12.8. The standard InChI is InChI=1S/C12H17ClFNO/c1-10-8-12(14)3-2-11(10)9-15-5-7-16-6-4-13/h2-3,8,15H,4-7,9H2,1H3. The minimum absolute atomic E-state index is 0.188. The Bertz CT molecular complexity index is 320. The fourth-order valence-electron chi connectivity index (χ4n) is 1.38. The van der Waals surface area contributed by atoms with Crippen molar-refractivity contribution in [2.75, 3.05) is 25.6 Å². The third-order valence-electron chi connectivity index (χ3n) is 2.26. The SMILES string of the molecule is Cc1cc(F)ccc1CNCCOCCCl. The van der Waals surface area contributed by atoms with Gasteiger partial charge in [-0.25, -0.2) is 4.39 Å². The second-order valence-electron chi connectivity index (χ2n) is 3.55. The molecule has 0 aliphatic heterocycles. The number of hydrogen-bond donors (Lipinski definition) is 1. The largest absolute Gasteiger partial charge is 0.379 e. The van der Waals surface area contributed by atoms with Crippen LogP contribution in [0.4, 0.5) is 4.39 Å². The molecule has 0 aliphatic rings. The zero-order valence-corrected chi connectivity index (χ0v) is 10.2. The van der Waals surface area contributed by atoms with Crippen LogP contribution >= 0.6 is 11.6 Å². The molecule has 1 N–H and O–H groups in total. The first kappa shape index (κ1) is 13.4. The van der Waals surface area contributed by atoms with Gasteiger partial charge in [0.05, 0.1) is 13.2 Å². The molecular weight excluding hydrogens is 229 g/mol. The fraction of sp³-hybridized carbons (Fsp3) is 0.500. The van der Waals surface area contributed by atoms with E-state index in [1.165, 1.54) is 6.07 Å². The molecule has 0 heterocycles. The van der Waals surface area contributed by atoms with E-state index < -0.39 is 0 Å². The van der Waals surface area contributed by atoms with Crippen LogP contribution in [-0.2, 0) is 11.3 Å². The van der Waals surface area contributed by atoms with E-state index in [0.717, 1.165) is 24.2 Å². The lowest BCUT2D eigenvalue weighted by Crippen LogP contribution is -2.20. The molecule has 0 radical (unpaired) electrons. The molecule has 0 fully saturated rings. The maximum Gasteiger partial charge on any atom is 0.123 e. The number of halogens is 2. The molecule has 0 aliphatic carbocycles. The molecule has 0 amide bonds. The molecule has 1 rings (SSSR count). The molecule has 0 spiro atoms. The monoisotopic (exact) mass is 245 g/mol. The number of nitrogens with one attached hydrogen (secondary N) is 1. The molecule has 4 heteroatoms. The smallest absolute Gasteiger partial charge is 0.123 e. The van der Waals surface area contributed by atoms with Gasteiger partial charge in [0.15, 0.2) is 0 Å². The maximum absolute atomic E-state index is 12.8. The van der Waals surface area contributed by atoms with Gasteiger partial charge in [-0.15, -0.1) is 11.6 Å². The highest BCUT2D eigenvalue weighted by molar-refractivity contribution is 6.17. The van der Waals surface area contributed by atoms with Crippen molar-refractivity contribution in [1.29, 1.82) is 0 Å². The van der Waals surface area contributed by atoms with E-state index in [1.54, 1.807) is 12.1 Å². The van der Waals surface area contributed by atoms with Gasteiger partial charge in [0, 0.05) is 19.0 Å². The normalized spacial score (nSPS) is 10.7. The minimum atomic E-state index is -0.188. The summed E-state index contributed by atoms with van der Waals surface area (Å²) in [6.07, 6.45) is 0. The van der Waals surface area contributed by atoms with E-state index in [1.807, 2.05) is 6.92 Å². The van der Waals surface area contributed by atoms with Gasteiger partial charge < -0.3 is 10.1 Å². The van der Waals surface area contributed by atoms with Crippen LogP contribution in [0, 0.1) is 12.7 Å². The molecular formula is C12H17ClFNO. The molecule has 90 valence electrons. The zero-order chi connectivity index (χ0) is 11.8. The molecule has 0 bridgehead atoms. The average molecular weight is 246 g/mol. The van der Waals surface area contributed by atoms with Gasteiger partial charge in [-0.3, -0.25) is 0 Å². The van der Waals surface area contributed by atoms with Crippen LogP contribution in [0.2, 0.25) is 0 Å². The minimum Gasteiger partial charge on any atom is -0.379 e. The van der Waals surface area contributed by atoms with Crippen LogP contribution < -0.4 is 5.32 Å². The third kappa shape index (κ3) is 4.92. The number of hydrogen-bond acceptors (Lipinski definition) is 2. The third-order valence-corrected chi connectivity index (χ3v) is 2.42. The summed E-state index contributed by atoms with van der Waals surface area (Å²) in [5.41, 5.74) is 2.08. The number of alkyl halides is 1. The summed E-state index contributed by atoms with van der Waals surface area (Å²) in [4.78, 5) is 0. The van der Waals surface area contributed by atoms with Gasteiger partial charge in [0.1, 0.15) is 5.82 Å². The fourth-order valence-corrected chi connectivity index (χ4v) is 1.49. The lowest BCUT2D eigenvalue weighted by atomic mass is 10.1. The van der Waals surface area contributed by atoms with E-state index in [2.05, 4.69) is 5.32 Å². The second kappa shape index (κ2) is 7.60. The van der Waals surface area contributed by atoms with Crippen LogP contribution in [0.25, 0.3) is 0 Å². The second-order valence-corrected chi connectivity index (χ2v) is 3.93. The zero-order valence-electron chi connectivity index (χ0n) is 9.43. The summed E-state index contributed by atoms with van der Waals surface area (Å²) in [6, 6.07) is 4.83. The summed E-state index contributed by atoms with van der Waals surface area (Å²) in [6.45, 7) is 4.64. The molecule has 1 aromatic rings. The predicted molar refractivity (Wildman–Crippen MR) is 64.4 cm³/mol. The highest BCUT2D eigenvalue weighted by Crippen LogP contribution is 2.09. The molecule has 1 aromatic carbocycles. The van der Waals surface area contributed by atoms with Gasteiger partial charge >= 0.3 is 0 Å². The Morgan fingerprint density at radius 1 is 1.38 bits per heavy atom. The molecule has 16 heavy (non-hydrogen) atoms. The first-order chi connectivity index (χ1) is 7.74. The van der Waals surface area contributed by atoms with Crippen LogP contribution in [0.3, 0.4) is 0 Å². The van der Waals surface area contributed by atoms with Crippen molar-refractivity contribution in [3.63, 3.8) is 0 Å². The molecule has 0 saturated carbocycles. The van der Waals surface area contributed by atoms with Gasteiger partial charge in [0.25, 0.3) is 0 Å². The molecule has 0 atom stereocenters. The van der Waals surface area contributed by atoms with E-state index in [0.29, 0.717) is 19.1 Å². The summed E-state index contributed by atoms with van der Waals surface area (Å²) >= 11 is 5.46. The summed E-state index contributed by atoms with van der Waals surface area (Å²) < 4.78 is 18.0. The van der Waals surface area contributed by atoms with Crippen molar-refractivity contribution in [2.24, 2.45) is 0 Å². The molecule has 0 aromatic heterocycles. The van der Waals surface area contributed by atoms with Crippen molar-refractivity contribution in [3.8, 4) is 0 Å².